The van der Waals surface area contributed by atoms with Gasteiger partial charge in [-0.2, -0.15) is 0 Å². The molecule has 1 N–H and O–H groups in total. The van der Waals surface area contributed by atoms with Crippen LogP contribution in [0.5, 0.6) is 0 Å². The topological polar surface area (TPSA) is 35.6 Å². The lowest BCUT2D eigenvalue weighted by Crippen LogP contribution is -2.46. The molecule has 0 bridgehead atoms. The molecule has 0 radical (unpaired) electrons. The highest BCUT2D eigenvalue weighted by Gasteiger charge is 2.16. The van der Waals surface area contributed by atoms with Crippen molar-refractivity contribution in [1.82, 2.24) is 15.1 Å². The van der Waals surface area contributed by atoms with E-state index in [1.54, 1.807) is 0 Å². The van der Waals surface area contributed by atoms with Gasteiger partial charge in [0.05, 0.1) is 6.42 Å². The van der Waals surface area contributed by atoms with Crippen LogP contribution in [0.25, 0.3) is 0 Å². The van der Waals surface area contributed by atoms with Crippen LogP contribution < -0.4 is 5.32 Å². The van der Waals surface area contributed by atoms with Gasteiger partial charge < -0.3 is 10.2 Å². The number of nitrogens with one attached hydrogen (secondary N) is 1. The van der Waals surface area contributed by atoms with Gasteiger partial charge in [-0.25, -0.2) is 0 Å². The highest BCUT2D eigenvalue weighted by Crippen LogP contribution is 2.15. The quantitative estimate of drug-likeness (QED) is 0.654. The second-order valence-electron chi connectivity index (χ2n) is 7.43. The van der Waals surface area contributed by atoms with Gasteiger partial charge in [0, 0.05) is 44.3 Å². The zero-order valence-electron chi connectivity index (χ0n) is 16.4. The van der Waals surface area contributed by atoms with E-state index < -0.39 is 0 Å². The van der Waals surface area contributed by atoms with Gasteiger partial charge in [0.25, 0.3) is 0 Å². The first-order valence-corrected chi connectivity index (χ1v) is 10.6. The maximum Gasteiger partial charge on any atom is 0.224 e. The number of nitrogens with zero attached hydrogens (tertiary/aromatic N) is 2. The molecule has 150 valence electrons. The normalized spacial score (nSPS) is 15.5. The predicted molar refractivity (Wildman–Crippen MR) is 116 cm³/mol. The summed E-state index contributed by atoms with van der Waals surface area (Å²) in [4.78, 5) is 17.1. The Morgan fingerprint density at radius 2 is 1.57 bits per heavy atom. The van der Waals surface area contributed by atoms with E-state index in [1.165, 1.54) is 5.56 Å². The molecule has 1 saturated heterocycles. The highest BCUT2D eigenvalue weighted by molar-refractivity contribution is 6.31. The lowest BCUT2D eigenvalue weighted by Gasteiger charge is -2.34. The SMILES string of the molecule is O=C(Cc1ccccc1Cl)NCCCCN1CCN(Cc2ccccc2)CC1. The van der Waals surface area contributed by atoms with Crippen LogP contribution >= 0.6 is 11.6 Å². The Bertz CT molecular complexity index is 730. The molecular weight excluding hydrogens is 370 g/mol. The van der Waals surface area contributed by atoms with Gasteiger partial charge in [-0.15, -0.1) is 0 Å². The third kappa shape index (κ3) is 6.93. The van der Waals surface area contributed by atoms with Crippen LogP contribution in [0.3, 0.4) is 0 Å². The number of carbonyl (C=O) groups is 1. The fourth-order valence-corrected chi connectivity index (χ4v) is 3.78. The number of amides is 1. The number of benzene rings is 2. The molecule has 0 saturated carbocycles. The number of halogens is 1. The van der Waals surface area contributed by atoms with E-state index in [2.05, 4.69) is 45.4 Å². The Hall–Kier alpha value is -1.88. The van der Waals surface area contributed by atoms with E-state index in [4.69, 9.17) is 11.6 Å². The number of unbranched alkanes of at least 4 members (excludes halogenated alkanes) is 1. The summed E-state index contributed by atoms with van der Waals surface area (Å²) < 4.78 is 0. The van der Waals surface area contributed by atoms with E-state index in [0.29, 0.717) is 11.4 Å². The summed E-state index contributed by atoms with van der Waals surface area (Å²) in [6, 6.07) is 18.2. The van der Waals surface area contributed by atoms with Crippen LogP contribution in [-0.2, 0) is 17.8 Å². The lowest BCUT2D eigenvalue weighted by molar-refractivity contribution is -0.120. The van der Waals surface area contributed by atoms with Crippen molar-refractivity contribution in [3.05, 3.63) is 70.7 Å². The Kier molecular flexibility index (Phi) is 8.34. The van der Waals surface area contributed by atoms with Crippen molar-refractivity contribution >= 4 is 17.5 Å². The van der Waals surface area contributed by atoms with Crippen LogP contribution in [0.2, 0.25) is 5.02 Å². The maximum atomic E-state index is 12.0. The number of rotatable bonds is 9. The van der Waals surface area contributed by atoms with Gasteiger partial charge in [0.1, 0.15) is 0 Å². The predicted octanol–water partition coefficient (Wildman–Crippen LogP) is 3.60. The molecule has 1 amide bonds. The van der Waals surface area contributed by atoms with Gasteiger partial charge in [0.15, 0.2) is 0 Å². The number of hydrogen-bond donors (Lipinski definition) is 1. The largest absolute Gasteiger partial charge is 0.356 e. The van der Waals surface area contributed by atoms with Crippen molar-refractivity contribution in [2.24, 2.45) is 0 Å². The summed E-state index contributed by atoms with van der Waals surface area (Å²) >= 11 is 6.10. The number of piperazine rings is 1. The zero-order chi connectivity index (χ0) is 19.6. The van der Waals surface area contributed by atoms with E-state index >= 15 is 0 Å². The monoisotopic (exact) mass is 399 g/mol. The van der Waals surface area contributed by atoms with Gasteiger partial charge in [-0.05, 0) is 36.6 Å². The first-order chi connectivity index (χ1) is 13.7. The van der Waals surface area contributed by atoms with E-state index in [-0.39, 0.29) is 5.91 Å². The molecule has 2 aromatic carbocycles. The van der Waals surface area contributed by atoms with Crippen molar-refractivity contribution < 1.29 is 4.79 Å². The summed E-state index contributed by atoms with van der Waals surface area (Å²) in [6.45, 7) is 7.41. The highest BCUT2D eigenvalue weighted by atomic mass is 35.5. The molecule has 1 fully saturated rings. The zero-order valence-corrected chi connectivity index (χ0v) is 17.2. The minimum absolute atomic E-state index is 0.0441. The number of carbonyl (C=O) groups excluding carboxylic acids is 1. The summed E-state index contributed by atoms with van der Waals surface area (Å²) in [5.41, 5.74) is 2.28. The number of hydrogen-bond acceptors (Lipinski definition) is 3. The molecule has 2 aromatic rings. The summed E-state index contributed by atoms with van der Waals surface area (Å²) in [5.74, 6) is 0.0441. The lowest BCUT2D eigenvalue weighted by atomic mass is 10.1. The summed E-state index contributed by atoms with van der Waals surface area (Å²) in [5, 5.41) is 3.66. The average Bonchev–Trinajstić information content (AvgIpc) is 2.71. The van der Waals surface area contributed by atoms with E-state index in [0.717, 1.165) is 64.2 Å². The molecule has 1 aliphatic heterocycles. The van der Waals surface area contributed by atoms with E-state index in [9.17, 15) is 4.79 Å². The van der Waals surface area contributed by atoms with Crippen molar-refractivity contribution in [3.8, 4) is 0 Å². The molecule has 3 rings (SSSR count). The summed E-state index contributed by atoms with van der Waals surface area (Å²) in [6.07, 6.45) is 2.48. The van der Waals surface area contributed by atoms with E-state index in [1.807, 2.05) is 24.3 Å². The first kappa shape index (κ1) is 20.8. The third-order valence-corrected chi connectivity index (χ3v) is 5.61. The minimum atomic E-state index is 0.0441. The molecule has 5 heteroatoms. The Morgan fingerprint density at radius 3 is 2.32 bits per heavy atom. The molecule has 0 atom stereocenters. The molecule has 0 unspecified atom stereocenters. The molecule has 4 nitrogen and oxygen atoms in total. The fourth-order valence-electron chi connectivity index (χ4n) is 3.58. The average molecular weight is 400 g/mol. The van der Waals surface area contributed by atoms with Crippen LogP contribution in [-0.4, -0.2) is 55.0 Å². The Balaban J connectivity index is 1.24. The second-order valence-corrected chi connectivity index (χ2v) is 7.84. The standard InChI is InChI=1S/C23H30ClN3O/c24-22-11-5-4-10-21(22)18-23(28)25-12-6-7-13-26-14-16-27(17-15-26)19-20-8-2-1-3-9-20/h1-5,8-11H,6-7,12-19H2,(H,25,28). The van der Waals surface area contributed by atoms with Crippen molar-refractivity contribution in [3.63, 3.8) is 0 Å². The van der Waals surface area contributed by atoms with Gasteiger partial charge >= 0.3 is 0 Å². The molecular formula is C23H30ClN3O. The third-order valence-electron chi connectivity index (χ3n) is 5.25. The minimum Gasteiger partial charge on any atom is -0.356 e. The van der Waals surface area contributed by atoms with Gasteiger partial charge in [-0.3, -0.25) is 9.69 Å². The Labute approximate surface area is 173 Å². The molecule has 1 heterocycles. The maximum absolute atomic E-state index is 12.0. The van der Waals surface area contributed by atoms with Crippen LogP contribution in [0.4, 0.5) is 0 Å². The summed E-state index contributed by atoms with van der Waals surface area (Å²) in [7, 11) is 0. The molecule has 0 spiro atoms. The van der Waals surface area contributed by atoms with Crippen molar-refractivity contribution in [2.45, 2.75) is 25.8 Å². The molecule has 0 aliphatic carbocycles. The van der Waals surface area contributed by atoms with Crippen molar-refractivity contribution in [1.29, 1.82) is 0 Å². The van der Waals surface area contributed by atoms with Crippen molar-refractivity contribution in [2.75, 3.05) is 39.3 Å². The van der Waals surface area contributed by atoms with Crippen LogP contribution in [0, 0.1) is 0 Å². The fraction of sp³-hybridized carbons (Fsp3) is 0.435. The van der Waals surface area contributed by atoms with Crippen LogP contribution in [0.15, 0.2) is 54.6 Å². The Morgan fingerprint density at radius 1 is 0.893 bits per heavy atom. The smallest absolute Gasteiger partial charge is 0.224 e. The van der Waals surface area contributed by atoms with Crippen LogP contribution in [0.1, 0.15) is 24.0 Å². The molecule has 1 aliphatic rings. The molecule has 28 heavy (non-hydrogen) atoms. The second kappa shape index (κ2) is 11.2. The first-order valence-electron chi connectivity index (χ1n) is 10.2. The van der Waals surface area contributed by atoms with Gasteiger partial charge in [-0.1, -0.05) is 60.1 Å². The molecule has 0 aromatic heterocycles. The van der Waals surface area contributed by atoms with Gasteiger partial charge in [0.2, 0.25) is 5.91 Å².